The molecule has 0 aliphatic heterocycles. The summed E-state index contributed by atoms with van der Waals surface area (Å²) in [4.78, 5) is 15.0. The number of nitrogens with zero attached hydrogens (tertiary/aromatic N) is 1. The molecule has 4 rings (SSSR count). The third-order valence-electron chi connectivity index (χ3n) is 4.61. The quantitative estimate of drug-likeness (QED) is 0.169. The number of hydrogen-bond donors (Lipinski definition) is 1. The number of nitrogens with one attached hydrogen (secondary N) is 1. The van der Waals surface area contributed by atoms with E-state index in [1.807, 2.05) is 36.4 Å². The van der Waals surface area contributed by atoms with Crippen molar-refractivity contribution < 1.29 is 17.9 Å². The van der Waals surface area contributed by atoms with E-state index in [4.69, 9.17) is 4.74 Å². The second-order valence-electron chi connectivity index (χ2n) is 6.77. The molecule has 0 aliphatic carbocycles. The number of benzene rings is 4. The third-order valence-corrected chi connectivity index (χ3v) is 6.47. The Labute approximate surface area is 193 Å². The summed E-state index contributed by atoms with van der Waals surface area (Å²) in [7, 11) is -3.74. The minimum absolute atomic E-state index is 0.119. The maximum absolute atomic E-state index is 12.7. The zero-order chi connectivity index (χ0) is 22.6. The average Bonchev–Trinajstić information content (AvgIpc) is 2.81. The lowest BCUT2D eigenvalue weighted by Crippen LogP contribution is -2.18. The van der Waals surface area contributed by atoms with E-state index in [-0.39, 0.29) is 4.90 Å². The first-order valence-corrected chi connectivity index (χ1v) is 11.8. The van der Waals surface area contributed by atoms with Crippen LogP contribution in [0.3, 0.4) is 0 Å². The van der Waals surface area contributed by atoms with Crippen molar-refractivity contribution in [1.29, 1.82) is 0 Å². The summed E-state index contributed by atoms with van der Waals surface area (Å²) >= 11 is 3.39. The summed E-state index contributed by atoms with van der Waals surface area (Å²) in [5.41, 5.74) is 1.08. The Morgan fingerprint density at radius 2 is 1.62 bits per heavy atom. The molecule has 0 atom stereocenters. The van der Waals surface area contributed by atoms with E-state index < -0.39 is 16.0 Å². The molecule has 0 aromatic heterocycles. The van der Waals surface area contributed by atoms with E-state index in [2.05, 4.69) is 25.9 Å². The van der Waals surface area contributed by atoms with Gasteiger partial charge in [-0.05, 0) is 68.7 Å². The Balaban J connectivity index is 1.47. The van der Waals surface area contributed by atoms with Crippen LogP contribution >= 0.6 is 15.9 Å². The molecule has 0 saturated heterocycles. The summed E-state index contributed by atoms with van der Waals surface area (Å²) in [5.74, 6) is -0.135. The first kappa shape index (κ1) is 21.7. The number of rotatable bonds is 6. The molecule has 4 aromatic carbocycles. The fourth-order valence-electron chi connectivity index (χ4n) is 3.06. The highest BCUT2D eigenvalue weighted by atomic mass is 79.9. The van der Waals surface area contributed by atoms with E-state index in [9.17, 15) is 13.2 Å². The molecular weight excluding hydrogens is 492 g/mol. The van der Waals surface area contributed by atoms with Crippen molar-refractivity contribution in [2.24, 2.45) is 5.10 Å². The summed E-state index contributed by atoms with van der Waals surface area (Å²) in [6.07, 6.45) is 1.36. The topological polar surface area (TPSA) is 84.8 Å². The Morgan fingerprint density at radius 3 is 2.41 bits per heavy atom. The van der Waals surface area contributed by atoms with Gasteiger partial charge in [-0.1, -0.05) is 54.6 Å². The molecule has 0 radical (unpaired) electrons. The predicted octanol–water partition coefficient (Wildman–Crippen LogP) is 5.13. The van der Waals surface area contributed by atoms with Gasteiger partial charge in [-0.25, -0.2) is 9.63 Å². The van der Waals surface area contributed by atoms with Gasteiger partial charge in [0, 0.05) is 0 Å². The molecule has 0 aliphatic rings. The summed E-state index contributed by atoms with van der Waals surface area (Å²) in [5, 5.41) is 5.57. The number of carbonyl (C=O) groups excluding carboxylic acids is 1. The monoisotopic (exact) mass is 508 g/mol. The fraction of sp³-hybridized carbons (Fsp3) is 0. The summed E-state index contributed by atoms with van der Waals surface area (Å²) in [6.45, 7) is 0. The molecule has 0 unspecified atom stereocenters. The van der Waals surface area contributed by atoms with E-state index >= 15 is 0 Å². The smallest absolute Gasteiger partial charge is 0.344 e. The molecule has 32 heavy (non-hydrogen) atoms. The molecule has 0 heterocycles. The number of halogens is 1. The van der Waals surface area contributed by atoms with E-state index in [0.717, 1.165) is 10.8 Å². The van der Waals surface area contributed by atoms with Crippen LogP contribution in [0.25, 0.3) is 10.8 Å². The van der Waals surface area contributed by atoms with Gasteiger partial charge in [0.2, 0.25) is 0 Å². The lowest BCUT2D eigenvalue weighted by atomic mass is 10.0. The van der Waals surface area contributed by atoms with Crippen molar-refractivity contribution >= 4 is 48.9 Å². The van der Waals surface area contributed by atoms with Gasteiger partial charge in [-0.2, -0.15) is 13.5 Å². The number of carbonyl (C=O) groups is 1. The van der Waals surface area contributed by atoms with Crippen LogP contribution in [-0.4, -0.2) is 20.6 Å². The molecule has 8 heteroatoms. The second-order valence-corrected chi connectivity index (χ2v) is 9.29. The average molecular weight is 509 g/mol. The number of hydrazone groups is 1. The molecule has 4 aromatic rings. The van der Waals surface area contributed by atoms with Crippen LogP contribution in [0.5, 0.6) is 5.75 Å². The first-order chi connectivity index (χ1) is 15.4. The highest BCUT2D eigenvalue weighted by Crippen LogP contribution is 2.27. The number of fused-ring (bicyclic) bond motifs is 1. The molecular formula is C24H17BrN2O4S. The zero-order valence-corrected chi connectivity index (χ0v) is 19.0. The fourth-order valence-corrected chi connectivity index (χ4v) is 4.35. The summed E-state index contributed by atoms with van der Waals surface area (Å²) < 4.78 is 30.5. The van der Waals surface area contributed by atoms with Crippen LogP contribution in [0.1, 0.15) is 15.9 Å². The second kappa shape index (κ2) is 9.33. The van der Waals surface area contributed by atoms with Gasteiger partial charge in [-0.15, -0.1) is 0 Å². The maximum Gasteiger partial charge on any atom is 0.344 e. The molecule has 0 saturated carbocycles. The van der Waals surface area contributed by atoms with Gasteiger partial charge in [0.25, 0.3) is 10.0 Å². The van der Waals surface area contributed by atoms with Crippen molar-refractivity contribution in [1.82, 2.24) is 4.83 Å². The number of ether oxygens (including phenoxy) is 1. The minimum Gasteiger partial charge on any atom is -0.422 e. The SMILES string of the molecule is O=C(Oc1ccc(/C=N\NS(=O)(=O)c2ccccc2)cc1Br)c1cccc2ccccc12. The van der Waals surface area contributed by atoms with Crippen LogP contribution in [0, 0.1) is 0 Å². The number of sulfonamides is 1. The standard InChI is InChI=1S/C24H17BrN2O4S/c25-22-15-17(16-26-27-32(29,30)19-9-2-1-3-10-19)13-14-23(22)31-24(28)21-12-6-8-18-7-4-5-11-20(18)21/h1-16,27H/b26-16-. The maximum atomic E-state index is 12.7. The van der Waals surface area contributed by atoms with Crippen molar-refractivity contribution in [3.63, 3.8) is 0 Å². The summed E-state index contributed by atoms with van der Waals surface area (Å²) in [6, 6.07) is 26.0. The van der Waals surface area contributed by atoms with Crippen molar-refractivity contribution in [2.75, 3.05) is 0 Å². The number of hydrogen-bond acceptors (Lipinski definition) is 5. The van der Waals surface area contributed by atoms with Crippen molar-refractivity contribution in [2.45, 2.75) is 4.90 Å². The lowest BCUT2D eigenvalue weighted by Gasteiger charge is -2.09. The Bertz CT molecular complexity index is 1420. The molecule has 160 valence electrons. The Hall–Kier alpha value is -3.49. The van der Waals surface area contributed by atoms with Gasteiger partial charge in [0.05, 0.1) is 21.1 Å². The lowest BCUT2D eigenvalue weighted by molar-refractivity contribution is 0.0735. The molecule has 0 spiro atoms. The van der Waals surface area contributed by atoms with Gasteiger partial charge in [0.15, 0.2) is 0 Å². The third kappa shape index (κ3) is 4.87. The molecule has 0 fully saturated rings. The highest BCUT2D eigenvalue weighted by molar-refractivity contribution is 9.10. The Morgan fingerprint density at radius 1 is 0.906 bits per heavy atom. The van der Waals surface area contributed by atoms with Crippen LogP contribution in [0.2, 0.25) is 0 Å². The van der Waals surface area contributed by atoms with E-state index in [1.54, 1.807) is 42.5 Å². The Kier molecular flexibility index (Phi) is 6.34. The van der Waals surface area contributed by atoms with E-state index in [1.165, 1.54) is 18.3 Å². The first-order valence-electron chi connectivity index (χ1n) is 9.53. The molecule has 6 nitrogen and oxygen atoms in total. The normalized spacial score (nSPS) is 11.5. The number of esters is 1. The van der Waals surface area contributed by atoms with Crippen LogP contribution in [-0.2, 0) is 10.0 Å². The molecule has 0 amide bonds. The predicted molar refractivity (Wildman–Crippen MR) is 127 cm³/mol. The van der Waals surface area contributed by atoms with Crippen LogP contribution in [0.4, 0.5) is 0 Å². The minimum atomic E-state index is -3.74. The van der Waals surface area contributed by atoms with Crippen LogP contribution in [0.15, 0.2) is 105 Å². The van der Waals surface area contributed by atoms with E-state index in [0.29, 0.717) is 21.3 Å². The van der Waals surface area contributed by atoms with Crippen LogP contribution < -0.4 is 9.57 Å². The van der Waals surface area contributed by atoms with Gasteiger partial charge < -0.3 is 4.74 Å². The van der Waals surface area contributed by atoms with Gasteiger partial charge in [0.1, 0.15) is 5.75 Å². The van der Waals surface area contributed by atoms with Gasteiger partial charge >= 0.3 is 5.97 Å². The molecule has 1 N–H and O–H groups in total. The molecule has 0 bridgehead atoms. The van der Waals surface area contributed by atoms with Gasteiger partial charge in [-0.3, -0.25) is 0 Å². The van der Waals surface area contributed by atoms with Crippen molar-refractivity contribution in [3.05, 3.63) is 107 Å². The largest absolute Gasteiger partial charge is 0.422 e. The highest BCUT2D eigenvalue weighted by Gasteiger charge is 2.14. The van der Waals surface area contributed by atoms with Crippen molar-refractivity contribution in [3.8, 4) is 5.75 Å². The zero-order valence-electron chi connectivity index (χ0n) is 16.6.